The fraction of sp³-hybridized carbons (Fsp3) is 0.278. The predicted octanol–water partition coefficient (Wildman–Crippen LogP) is 3.27. The number of carbonyl (C=O) groups is 1. The maximum absolute atomic E-state index is 12.8. The molecule has 0 fully saturated rings. The minimum absolute atomic E-state index is 0.0376. The monoisotopic (exact) mass is 316 g/mol. The van der Waals surface area contributed by atoms with Crippen LogP contribution < -0.4 is 14.2 Å². The Hall–Kier alpha value is -2.69. The van der Waals surface area contributed by atoms with Gasteiger partial charge in [-0.3, -0.25) is 4.79 Å². The lowest BCUT2D eigenvalue weighted by molar-refractivity contribution is 0.103. The van der Waals surface area contributed by atoms with Crippen LogP contribution in [0.2, 0.25) is 0 Å². The van der Waals surface area contributed by atoms with E-state index in [2.05, 4.69) is 0 Å². The third-order valence-corrected chi connectivity index (χ3v) is 3.80. The van der Waals surface area contributed by atoms with E-state index in [-0.39, 0.29) is 22.8 Å². The number of hydrogen-bond donors (Lipinski definition) is 1. The fourth-order valence-electron chi connectivity index (χ4n) is 2.43. The molecule has 23 heavy (non-hydrogen) atoms. The lowest BCUT2D eigenvalue weighted by Gasteiger charge is -2.14. The number of carbonyl (C=O) groups excluding carboxylic acids is 1. The zero-order chi connectivity index (χ0) is 17.1. The summed E-state index contributed by atoms with van der Waals surface area (Å²) in [6.45, 7) is 3.59. The molecule has 0 saturated carbocycles. The molecule has 0 atom stereocenters. The first-order valence-electron chi connectivity index (χ1n) is 7.08. The van der Waals surface area contributed by atoms with Crippen LogP contribution in [0.15, 0.2) is 24.3 Å². The summed E-state index contributed by atoms with van der Waals surface area (Å²) in [6.07, 6.45) is 0. The van der Waals surface area contributed by atoms with Gasteiger partial charge in [0, 0.05) is 11.1 Å². The quantitative estimate of drug-likeness (QED) is 0.858. The third kappa shape index (κ3) is 2.95. The number of phenols is 1. The van der Waals surface area contributed by atoms with Crippen molar-refractivity contribution in [3.8, 4) is 23.0 Å². The van der Waals surface area contributed by atoms with Gasteiger partial charge < -0.3 is 19.3 Å². The molecule has 122 valence electrons. The topological polar surface area (TPSA) is 65.0 Å². The van der Waals surface area contributed by atoms with Crippen LogP contribution in [0.4, 0.5) is 0 Å². The van der Waals surface area contributed by atoms with E-state index < -0.39 is 0 Å². The Labute approximate surface area is 135 Å². The number of hydrogen-bond acceptors (Lipinski definition) is 5. The van der Waals surface area contributed by atoms with Crippen molar-refractivity contribution in [2.24, 2.45) is 0 Å². The second kappa shape index (κ2) is 6.60. The summed E-state index contributed by atoms with van der Waals surface area (Å²) in [4.78, 5) is 12.8. The number of benzene rings is 2. The molecule has 0 bridgehead atoms. The van der Waals surface area contributed by atoms with E-state index in [9.17, 15) is 9.90 Å². The fourth-order valence-corrected chi connectivity index (χ4v) is 2.43. The van der Waals surface area contributed by atoms with E-state index >= 15 is 0 Å². The Balaban J connectivity index is 2.60. The first kappa shape index (κ1) is 16.7. The van der Waals surface area contributed by atoms with Gasteiger partial charge in [0.05, 0.1) is 26.9 Å². The van der Waals surface area contributed by atoms with Crippen LogP contribution in [-0.2, 0) is 0 Å². The van der Waals surface area contributed by atoms with Crippen LogP contribution in [0.25, 0.3) is 0 Å². The highest BCUT2D eigenvalue weighted by molar-refractivity contribution is 6.11. The van der Waals surface area contributed by atoms with Gasteiger partial charge in [0.15, 0.2) is 17.3 Å². The van der Waals surface area contributed by atoms with Crippen molar-refractivity contribution in [3.05, 3.63) is 46.5 Å². The van der Waals surface area contributed by atoms with E-state index in [0.29, 0.717) is 22.6 Å². The Kier molecular flexibility index (Phi) is 4.79. The number of aryl methyl sites for hydroxylation is 1. The highest BCUT2D eigenvalue weighted by Gasteiger charge is 2.21. The number of ether oxygens (including phenoxy) is 3. The smallest absolute Gasteiger partial charge is 0.197 e. The van der Waals surface area contributed by atoms with Gasteiger partial charge in [-0.05, 0) is 37.6 Å². The molecule has 0 unspecified atom stereocenters. The molecule has 5 nitrogen and oxygen atoms in total. The van der Waals surface area contributed by atoms with E-state index in [1.54, 1.807) is 31.2 Å². The molecule has 0 amide bonds. The molecular formula is C18H20O5. The lowest BCUT2D eigenvalue weighted by atomic mass is 9.98. The second-order valence-corrected chi connectivity index (χ2v) is 5.15. The zero-order valence-corrected chi connectivity index (χ0v) is 13.9. The van der Waals surface area contributed by atoms with Gasteiger partial charge in [0.1, 0.15) is 11.5 Å². The van der Waals surface area contributed by atoms with Gasteiger partial charge >= 0.3 is 0 Å². The van der Waals surface area contributed by atoms with Gasteiger partial charge in [-0.1, -0.05) is 6.07 Å². The van der Waals surface area contributed by atoms with Gasteiger partial charge in [-0.25, -0.2) is 0 Å². The molecule has 2 aromatic carbocycles. The highest BCUT2D eigenvalue weighted by atomic mass is 16.5. The molecule has 0 saturated heterocycles. The Morgan fingerprint density at radius 2 is 1.52 bits per heavy atom. The van der Waals surface area contributed by atoms with Crippen LogP contribution >= 0.6 is 0 Å². The van der Waals surface area contributed by atoms with Gasteiger partial charge in [0.25, 0.3) is 0 Å². The molecular weight excluding hydrogens is 296 g/mol. The van der Waals surface area contributed by atoms with Gasteiger partial charge in [0.2, 0.25) is 0 Å². The lowest BCUT2D eigenvalue weighted by Crippen LogP contribution is -2.06. The van der Waals surface area contributed by atoms with Crippen LogP contribution in [-0.4, -0.2) is 32.2 Å². The molecule has 0 spiro atoms. The summed E-state index contributed by atoms with van der Waals surface area (Å²) in [5.74, 6) is 0.956. The number of phenolic OH excluding ortho intramolecular Hbond substituents is 1. The summed E-state index contributed by atoms with van der Waals surface area (Å²) >= 11 is 0. The first-order valence-corrected chi connectivity index (χ1v) is 7.08. The van der Waals surface area contributed by atoms with Crippen molar-refractivity contribution in [2.45, 2.75) is 13.8 Å². The molecule has 0 aliphatic heterocycles. The SMILES string of the molecule is COc1cc(C(=O)c2ccc(C)c(O)c2OC)cc(OC)c1C. The minimum atomic E-state index is -0.284. The zero-order valence-electron chi connectivity index (χ0n) is 13.9. The summed E-state index contributed by atoms with van der Waals surface area (Å²) in [5.41, 5.74) is 2.12. The van der Waals surface area contributed by atoms with Crippen molar-refractivity contribution >= 4 is 5.78 Å². The molecule has 2 aromatic rings. The maximum atomic E-state index is 12.8. The van der Waals surface area contributed by atoms with Crippen LogP contribution in [0.5, 0.6) is 23.0 Å². The van der Waals surface area contributed by atoms with Crippen molar-refractivity contribution in [1.82, 2.24) is 0 Å². The van der Waals surface area contributed by atoms with Crippen molar-refractivity contribution in [3.63, 3.8) is 0 Å². The van der Waals surface area contributed by atoms with E-state index in [4.69, 9.17) is 14.2 Å². The molecule has 0 aliphatic rings. The number of aromatic hydroxyl groups is 1. The molecule has 0 aliphatic carbocycles. The molecule has 0 aromatic heterocycles. The Bertz CT molecular complexity index is 724. The van der Waals surface area contributed by atoms with E-state index in [1.807, 2.05) is 6.92 Å². The third-order valence-electron chi connectivity index (χ3n) is 3.80. The molecule has 0 radical (unpaired) electrons. The highest BCUT2D eigenvalue weighted by Crippen LogP contribution is 2.36. The Morgan fingerprint density at radius 3 is 2.00 bits per heavy atom. The van der Waals surface area contributed by atoms with E-state index in [1.165, 1.54) is 21.3 Å². The van der Waals surface area contributed by atoms with Gasteiger partial charge in [-0.15, -0.1) is 0 Å². The largest absolute Gasteiger partial charge is 0.504 e. The van der Waals surface area contributed by atoms with Crippen molar-refractivity contribution in [2.75, 3.05) is 21.3 Å². The molecule has 2 rings (SSSR count). The second-order valence-electron chi connectivity index (χ2n) is 5.15. The summed E-state index contributed by atoms with van der Waals surface area (Å²) in [7, 11) is 4.49. The molecule has 0 heterocycles. The van der Waals surface area contributed by atoms with Crippen molar-refractivity contribution in [1.29, 1.82) is 0 Å². The van der Waals surface area contributed by atoms with Crippen LogP contribution in [0.1, 0.15) is 27.0 Å². The number of ketones is 1. The number of rotatable bonds is 5. The summed E-state index contributed by atoms with van der Waals surface area (Å²) in [6, 6.07) is 6.61. The first-order chi connectivity index (χ1) is 10.9. The molecule has 1 N–H and O–H groups in total. The summed E-state index contributed by atoms with van der Waals surface area (Å²) < 4.78 is 15.8. The standard InChI is InChI=1S/C18H20O5/c1-10-6-7-13(18(23-5)16(10)19)17(20)12-8-14(21-3)11(2)15(9-12)22-4/h6-9,19H,1-5H3. The van der Waals surface area contributed by atoms with E-state index in [0.717, 1.165) is 5.56 Å². The predicted molar refractivity (Wildman–Crippen MR) is 87.1 cm³/mol. The average Bonchev–Trinajstić information content (AvgIpc) is 2.56. The molecule has 5 heteroatoms. The summed E-state index contributed by atoms with van der Waals surface area (Å²) in [5, 5.41) is 10.1. The minimum Gasteiger partial charge on any atom is -0.504 e. The van der Waals surface area contributed by atoms with Gasteiger partial charge in [-0.2, -0.15) is 0 Å². The Morgan fingerprint density at radius 1 is 0.957 bits per heavy atom. The average molecular weight is 316 g/mol. The van der Waals surface area contributed by atoms with Crippen molar-refractivity contribution < 1.29 is 24.1 Å². The normalized spacial score (nSPS) is 10.3. The van der Waals surface area contributed by atoms with Crippen LogP contribution in [0.3, 0.4) is 0 Å². The number of methoxy groups -OCH3 is 3. The van der Waals surface area contributed by atoms with Crippen LogP contribution in [0, 0.1) is 13.8 Å². The maximum Gasteiger partial charge on any atom is 0.197 e.